The summed E-state index contributed by atoms with van der Waals surface area (Å²) in [4.78, 5) is 0. The standard InChI is InChI=1S/C8H9O.Y/c1-6-3-4-8(9)7(2)5-6;/h3,5,9H,1-2H3;/q-1;. The van der Waals surface area contributed by atoms with Crippen molar-refractivity contribution in [2.75, 3.05) is 0 Å². The van der Waals surface area contributed by atoms with Crippen molar-refractivity contribution in [1.82, 2.24) is 0 Å². The van der Waals surface area contributed by atoms with Crippen LogP contribution < -0.4 is 0 Å². The monoisotopic (exact) mass is 210 g/mol. The molecule has 0 bridgehead atoms. The molecule has 1 aromatic rings. The minimum Gasteiger partial charge on any atom is -0.534 e. The molecule has 0 saturated carbocycles. The van der Waals surface area contributed by atoms with Gasteiger partial charge in [-0.3, -0.25) is 0 Å². The minimum atomic E-state index is 0. The molecule has 1 nitrogen and oxygen atoms in total. The molecule has 0 unspecified atom stereocenters. The Balaban J connectivity index is 0.000000810. The second kappa shape index (κ2) is 4.10. The molecule has 51 valence electrons. The summed E-state index contributed by atoms with van der Waals surface area (Å²) in [6.07, 6.45) is 0. The summed E-state index contributed by atoms with van der Waals surface area (Å²) in [7, 11) is 0. The van der Waals surface area contributed by atoms with Gasteiger partial charge in [-0.15, -0.1) is 11.6 Å². The van der Waals surface area contributed by atoms with Gasteiger partial charge in [0.25, 0.3) is 0 Å². The summed E-state index contributed by atoms with van der Waals surface area (Å²) in [5.41, 5.74) is 2.01. The Labute approximate surface area is 86.3 Å². The van der Waals surface area contributed by atoms with Gasteiger partial charge < -0.3 is 5.11 Å². The fourth-order valence-electron chi connectivity index (χ4n) is 0.748. The molecule has 0 heterocycles. The summed E-state index contributed by atoms with van der Waals surface area (Å²) in [5, 5.41) is 8.99. The van der Waals surface area contributed by atoms with Gasteiger partial charge in [-0.05, 0) is 0 Å². The Morgan fingerprint density at radius 3 is 2.40 bits per heavy atom. The molecule has 0 spiro atoms. The molecule has 1 radical (unpaired) electrons. The quantitative estimate of drug-likeness (QED) is 0.647. The van der Waals surface area contributed by atoms with Crippen LogP contribution in [-0.2, 0) is 32.7 Å². The predicted molar refractivity (Wildman–Crippen MR) is 36.4 cm³/mol. The maximum absolute atomic E-state index is 8.99. The van der Waals surface area contributed by atoms with Gasteiger partial charge in [-0.25, -0.2) is 0 Å². The van der Waals surface area contributed by atoms with Crippen molar-refractivity contribution in [2.24, 2.45) is 0 Å². The van der Waals surface area contributed by atoms with E-state index < -0.39 is 0 Å². The average Bonchev–Trinajstić information content (AvgIpc) is 1.80. The minimum absolute atomic E-state index is 0. The second-order valence-electron chi connectivity index (χ2n) is 2.21. The first-order chi connectivity index (χ1) is 4.20. The molecule has 0 aliphatic heterocycles. The van der Waals surface area contributed by atoms with Crippen LogP contribution in [-0.4, -0.2) is 5.11 Å². The molecule has 1 aromatic carbocycles. The van der Waals surface area contributed by atoms with Gasteiger partial charge in [-0.2, -0.15) is 17.7 Å². The summed E-state index contributed by atoms with van der Waals surface area (Å²) in [5.74, 6) is 0.251. The first-order valence-corrected chi connectivity index (χ1v) is 2.88. The molecule has 10 heavy (non-hydrogen) atoms. The number of hydrogen-bond acceptors (Lipinski definition) is 1. The molecule has 0 fully saturated rings. The van der Waals surface area contributed by atoms with Crippen LogP contribution in [0.5, 0.6) is 5.75 Å². The molecule has 1 rings (SSSR count). The summed E-state index contributed by atoms with van der Waals surface area (Å²) in [6.45, 7) is 3.84. The number of phenols is 1. The van der Waals surface area contributed by atoms with Crippen molar-refractivity contribution in [2.45, 2.75) is 13.8 Å². The van der Waals surface area contributed by atoms with E-state index in [1.807, 2.05) is 19.9 Å². The Kier molecular flexibility index (Phi) is 4.15. The number of aromatic hydroxyl groups is 1. The van der Waals surface area contributed by atoms with E-state index in [0.717, 1.165) is 11.1 Å². The van der Waals surface area contributed by atoms with Crippen molar-refractivity contribution >= 4 is 0 Å². The molecule has 1 N–H and O–H groups in total. The number of hydrogen-bond donors (Lipinski definition) is 1. The number of rotatable bonds is 0. The van der Waals surface area contributed by atoms with Gasteiger partial charge in [0.1, 0.15) is 0 Å². The molecular weight excluding hydrogens is 201 g/mol. The fraction of sp³-hybridized carbons (Fsp3) is 0.250. The van der Waals surface area contributed by atoms with E-state index in [9.17, 15) is 0 Å². The van der Waals surface area contributed by atoms with Crippen molar-refractivity contribution in [3.63, 3.8) is 0 Å². The zero-order chi connectivity index (χ0) is 6.85. The van der Waals surface area contributed by atoms with Gasteiger partial charge >= 0.3 is 0 Å². The van der Waals surface area contributed by atoms with Crippen LogP contribution in [0.4, 0.5) is 0 Å². The van der Waals surface area contributed by atoms with Gasteiger partial charge in [-0.1, -0.05) is 13.8 Å². The Hall–Kier alpha value is 0.124. The van der Waals surface area contributed by atoms with Crippen molar-refractivity contribution in [3.05, 3.63) is 29.3 Å². The predicted octanol–water partition coefficient (Wildman–Crippen LogP) is 1.81. The van der Waals surface area contributed by atoms with Gasteiger partial charge in [0, 0.05) is 38.5 Å². The van der Waals surface area contributed by atoms with Crippen molar-refractivity contribution < 1.29 is 37.8 Å². The van der Waals surface area contributed by atoms with E-state index in [4.69, 9.17) is 5.11 Å². The SMILES string of the molecule is Cc1c[c-]c(O)c(C)c1.[Y]. The third-order valence-corrected chi connectivity index (χ3v) is 1.25. The molecule has 0 amide bonds. The molecule has 2 heteroatoms. The number of aryl methyl sites for hydroxylation is 2. The second-order valence-corrected chi connectivity index (χ2v) is 2.21. The Morgan fingerprint density at radius 2 is 2.00 bits per heavy atom. The van der Waals surface area contributed by atoms with Crippen LogP contribution in [0.1, 0.15) is 11.1 Å². The molecule has 0 atom stereocenters. The Bertz CT molecular complexity index is 220. The van der Waals surface area contributed by atoms with E-state index in [2.05, 4.69) is 6.07 Å². The van der Waals surface area contributed by atoms with E-state index in [0.29, 0.717) is 0 Å². The molecular formula is C8H9OY-. The average molecular weight is 210 g/mol. The first kappa shape index (κ1) is 10.1. The maximum atomic E-state index is 8.99. The van der Waals surface area contributed by atoms with Gasteiger partial charge in [0.2, 0.25) is 0 Å². The molecule has 0 aliphatic carbocycles. The van der Waals surface area contributed by atoms with Crippen LogP contribution in [0.3, 0.4) is 0 Å². The largest absolute Gasteiger partial charge is 0.534 e. The smallest absolute Gasteiger partial charge is 0.00685 e. The van der Waals surface area contributed by atoms with Crippen LogP contribution in [0.15, 0.2) is 12.1 Å². The van der Waals surface area contributed by atoms with E-state index in [1.54, 1.807) is 6.07 Å². The Morgan fingerprint density at radius 1 is 1.40 bits per heavy atom. The van der Waals surface area contributed by atoms with Crippen molar-refractivity contribution in [3.8, 4) is 5.75 Å². The molecule has 0 aliphatic rings. The fourth-order valence-corrected chi connectivity index (χ4v) is 0.748. The normalized spacial score (nSPS) is 8.60. The van der Waals surface area contributed by atoms with Gasteiger partial charge in [0.15, 0.2) is 0 Å². The summed E-state index contributed by atoms with van der Waals surface area (Å²) < 4.78 is 0. The van der Waals surface area contributed by atoms with Gasteiger partial charge in [0.05, 0.1) is 0 Å². The molecule has 0 aromatic heterocycles. The maximum Gasteiger partial charge on any atom is 0.00685 e. The van der Waals surface area contributed by atoms with Crippen LogP contribution in [0.2, 0.25) is 0 Å². The summed E-state index contributed by atoms with van der Waals surface area (Å²) >= 11 is 0. The third kappa shape index (κ3) is 2.39. The third-order valence-electron chi connectivity index (χ3n) is 1.25. The van der Waals surface area contributed by atoms with E-state index in [-0.39, 0.29) is 38.5 Å². The van der Waals surface area contributed by atoms with Crippen LogP contribution >= 0.6 is 0 Å². The zero-order valence-corrected chi connectivity index (χ0v) is 9.02. The van der Waals surface area contributed by atoms with Crippen LogP contribution in [0.25, 0.3) is 0 Å². The van der Waals surface area contributed by atoms with E-state index in [1.165, 1.54) is 0 Å². The van der Waals surface area contributed by atoms with Crippen LogP contribution in [0, 0.1) is 19.9 Å². The number of phenolic OH excluding ortho intramolecular Hbond substituents is 1. The first-order valence-electron chi connectivity index (χ1n) is 2.88. The number of benzene rings is 1. The molecule has 0 saturated heterocycles. The van der Waals surface area contributed by atoms with Crippen molar-refractivity contribution in [1.29, 1.82) is 0 Å². The van der Waals surface area contributed by atoms with E-state index >= 15 is 0 Å². The zero-order valence-electron chi connectivity index (χ0n) is 6.18. The summed E-state index contributed by atoms with van der Waals surface area (Å²) in [6, 6.07) is 6.41. The topological polar surface area (TPSA) is 20.2 Å².